The van der Waals surface area contributed by atoms with E-state index in [1.54, 1.807) is 0 Å². The van der Waals surface area contributed by atoms with Crippen molar-refractivity contribution in [1.29, 1.82) is 0 Å². The first-order valence-corrected chi connectivity index (χ1v) is 7.58. The molecular formula is C16H34. The summed E-state index contributed by atoms with van der Waals surface area (Å²) in [4.78, 5) is 0. The molecule has 98 valence electrons. The standard InChI is InChI=1S/C16H34/c1-6-9-10-11-12-15(4)14-16(5,8-3)13-7-2/h15H,6-14H2,1-5H3. The molecule has 0 bridgehead atoms. The van der Waals surface area contributed by atoms with Crippen LogP contribution in [0.3, 0.4) is 0 Å². The molecule has 0 aliphatic rings. The molecule has 0 aromatic rings. The number of hydrogen-bond donors (Lipinski definition) is 0. The fourth-order valence-corrected chi connectivity index (χ4v) is 2.89. The average Bonchev–Trinajstić information content (AvgIpc) is 2.25. The van der Waals surface area contributed by atoms with Crippen LogP contribution in [-0.2, 0) is 0 Å². The van der Waals surface area contributed by atoms with E-state index in [1.807, 2.05) is 0 Å². The number of rotatable bonds is 10. The lowest BCUT2D eigenvalue weighted by molar-refractivity contribution is 0.209. The average molecular weight is 226 g/mol. The van der Waals surface area contributed by atoms with Crippen molar-refractivity contribution in [2.45, 2.75) is 92.4 Å². The van der Waals surface area contributed by atoms with Crippen LogP contribution in [0.5, 0.6) is 0 Å². The summed E-state index contributed by atoms with van der Waals surface area (Å²) in [7, 11) is 0. The monoisotopic (exact) mass is 226 g/mol. The molecule has 0 saturated heterocycles. The molecule has 0 fully saturated rings. The Kier molecular flexibility index (Phi) is 9.07. The summed E-state index contributed by atoms with van der Waals surface area (Å²) in [6, 6.07) is 0. The minimum Gasteiger partial charge on any atom is -0.0654 e. The van der Waals surface area contributed by atoms with Gasteiger partial charge >= 0.3 is 0 Å². The van der Waals surface area contributed by atoms with E-state index in [-0.39, 0.29) is 0 Å². The molecule has 0 amide bonds. The summed E-state index contributed by atoms with van der Waals surface area (Å²) >= 11 is 0. The molecule has 2 atom stereocenters. The van der Waals surface area contributed by atoms with Crippen LogP contribution in [0.2, 0.25) is 0 Å². The molecule has 0 rings (SSSR count). The van der Waals surface area contributed by atoms with E-state index in [4.69, 9.17) is 0 Å². The second kappa shape index (κ2) is 9.07. The minimum absolute atomic E-state index is 0.610. The topological polar surface area (TPSA) is 0 Å². The lowest BCUT2D eigenvalue weighted by Gasteiger charge is -2.31. The SMILES string of the molecule is CCCCCCC(C)CC(C)(CC)CCC. The molecule has 0 saturated carbocycles. The Labute approximate surface area is 104 Å². The van der Waals surface area contributed by atoms with Crippen molar-refractivity contribution < 1.29 is 0 Å². The minimum atomic E-state index is 0.610. The lowest BCUT2D eigenvalue weighted by Crippen LogP contribution is -2.18. The summed E-state index contributed by atoms with van der Waals surface area (Å²) < 4.78 is 0. The van der Waals surface area contributed by atoms with Gasteiger partial charge in [0.05, 0.1) is 0 Å². The zero-order valence-electron chi connectivity index (χ0n) is 12.4. The zero-order chi connectivity index (χ0) is 12.4. The second-order valence-corrected chi connectivity index (χ2v) is 6.07. The van der Waals surface area contributed by atoms with Crippen molar-refractivity contribution in [2.24, 2.45) is 11.3 Å². The van der Waals surface area contributed by atoms with Crippen molar-refractivity contribution in [1.82, 2.24) is 0 Å². The van der Waals surface area contributed by atoms with Gasteiger partial charge in [0.25, 0.3) is 0 Å². The fourth-order valence-electron chi connectivity index (χ4n) is 2.89. The molecule has 0 aliphatic heterocycles. The number of hydrogen-bond acceptors (Lipinski definition) is 0. The molecule has 0 N–H and O–H groups in total. The lowest BCUT2D eigenvalue weighted by atomic mass is 9.75. The molecule has 0 aliphatic carbocycles. The zero-order valence-corrected chi connectivity index (χ0v) is 12.4. The van der Waals surface area contributed by atoms with Crippen LogP contribution in [0.15, 0.2) is 0 Å². The molecule has 0 radical (unpaired) electrons. The molecule has 0 aromatic carbocycles. The van der Waals surface area contributed by atoms with Crippen molar-refractivity contribution in [3.05, 3.63) is 0 Å². The van der Waals surface area contributed by atoms with Crippen LogP contribution in [0.25, 0.3) is 0 Å². The summed E-state index contributed by atoms with van der Waals surface area (Å²) in [5.74, 6) is 0.924. The molecule has 16 heavy (non-hydrogen) atoms. The van der Waals surface area contributed by atoms with Crippen LogP contribution in [0, 0.1) is 11.3 Å². The highest BCUT2D eigenvalue weighted by Gasteiger charge is 2.23. The molecular weight excluding hydrogens is 192 g/mol. The van der Waals surface area contributed by atoms with Gasteiger partial charge in [-0.15, -0.1) is 0 Å². The Morgan fingerprint density at radius 1 is 0.938 bits per heavy atom. The summed E-state index contributed by atoms with van der Waals surface area (Å²) in [5.41, 5.74) is 0.610. The first-order chi connectivity index (χ1) is 7.58. The number of unbranched alkanes of at least 4 members (excludes halogenated alkanes) is 3. The molecule has 0 spiro atoms. The Morgan fingerprint density at radius 3 is 2.12 bits per heavy atom. The van der Waals surface area contributed by atoms with Gasteiger partial charge in [-0.25, -0.2) is 0 Å². The first-order valence-electron chi connectivity index (χ1n) is 7.58. The maximum absolute atomic E-state index is 2.49. The van der Waals surface area contributed by atoms with Crippen LogP contribution in [-0.4, -0.2) is 0 Å². The third kappa shape index (κ3) is 7.30. The maximum Gasteiger partial charge on any atom is -0.0326 e. The van der Waals surface area contributed by atoms with Crippen LogP contribution >= 0.6 is 0 Å². The normalized spacial score (nSPS) is 17.1. The van der Waals surface area contributed by atoms with E-state index in [0.717, 1.165) is 5.92 Å². The van der Waals surface area contributed by atoms with Gasteiger partial charge in [-0.2, -0.15) is 0 Å². The summed E-state index contributed by atoms with van der Waals surface area (Å²) in [6.45, 7) is 11.9. The highest BCUT2D eigenvalue weighted by atomic mass is 14.3. The van der Waals surface area contributed by atoms with Gasteiger partial charge in [-0.05, 0) is 24.2 Å². The Bertz CT molecular complexity index is 150. The van der Waals surface area contributed by atoms with E-state index in [2.05, 4.69) is 34.6 Å². The third-order valence-corrected chi connectivity index (χ3v) is 4.10. The van der Waals surface area contributed by atoms with E-state index in [1.165, 1.54) is 57.8 Å². The fraction of sp³-hybridized carbons (Fsp3) is 1.00. The van der Waals surface area contributed by atoms with Crippen LogP contribution < -0.4 is 0 Å². The maximum atomic E-state index is 2.49. The largest absolute Gasteiger partial charge is 0.0654 e. The van der Waals surface area contributed by atoms with Gasteiger partial charge < -0.3 is 0 Å². The highest BCUT2D eigenvalue weighted by Crippen LogP contribution is 2.36. The Hall–Kier alpha value is 0. The molecule has 0 heteroatoms. The summed E-state index contributed by atoms with van der Waals surface area (Å²) in [6.07, 6.45) is 12.6. The summed E-state index contributed by atoms with van der Waals surface area (Å²) in [5, 5.41) is 0. The molecule has 2 unspecified atom stereocenters. The highest BCUT2D eigenvalue weighted by molar-refractivity contribution is 4.74. The van der Waals surface area contributed by atoms with E-state index < -0.39 is 0 Å². The van der Waals surface area contributed by atoms with Crippen molar-refractivity contribution in [3.8, 4) is 0 Å². The van der Waals surface area contributed by atoms with E-state index in [9.17, 15) is 0 Å². The predicted octanol–water partition coefficient (Wildman–Crippen LogP) is 6.20. The quantitative estimate of drug-likeness (QED) is 0.389. The van der Waals surface area contributed by atoms with Gasteiger partial charge in [0, 0.05) is 0 Å². The predicted molar refractivity (Wildman–Crippen MR) is 75.8 cm³/mol. The van der Waals surface area contributed by atoms with Gasteiger partial charge in [0.2, 0.25) is 0 Å². The van der Waals surface area contributed by atoms with Gasteiger partial charge in [-0.3, -0.25) is 0 Å². The van der Waals surface area contributed by atoms with E-state index >= 15 is 0 Å². The van der Waals surface area contributed by atoms with Gasteiger partial charge in [-0.1, -0.05) is 79.6 Å². The van der Waals surface area contributed by atoms with Crippen LogP contribution in [0.4, 0.5) is 0 Å². The second-order valence-electron chi connectivity index (χ2n) is 6.07. The third-order valence-electron chi connectivity index (χ3n) is 4.10. The molecule has 0 aromatic heterocycles. The molecule has 0 nitrogen and oxygen atoms in total. The van der Waals surface area contributed by atoms with Gasteiger partial charge in [0.15, 0.2) is 0 Å². The Balaban J connectivity index is 3.77. The van der Waals surface area contributed by atoms with Crippen molar-refractivity contribution in [3.63, 3.8) is 0 Å². The Morgan fingerprint density at radius 2 is 1.62 bits per heavy atom. The van der Waals surface area contributed by atoms with Crippen molar-refractivity contribution >= 4 is 0 Å². The molecule has 0 heterocycles. The first kappa shape index (κ1) is 16.0. The van der Waals surface area contributed by atoms with E-state index in [0.29, 0.717) is 5.41 Å². The van der Waals surface area contributed by atoms with Crippen molar-refractivity contribution in [2.75, 3.05) is 0 Å². The van der Waals surface area contributed by atoms with Gasteiger partial charge in [0.1, 0.15) is 0 Å². The van der Waals surface area contributed by atoms with Crippen LogP contribution in [0.1, 0.15) is 92.4 Å². The smallest absolute Gasteiger partial charge is 0.0326 e.